The van der Waals surface area contributed by atoms with Crippen LogP contribution in [-0.2, 0) is 28.7 Å². The van der Waals surface area contributed by atoms with Gasteiger partial charge in [-0.25, -0.2) is 0 Å². The minimum absolute atomic E-state index is 0.0326. The number of carbonyl (C=O) groups excluding carboxylic acids is 4. The summed E-state index contributed by atoms with van der Waals surface area (Å²) in [6.07, 6.45) is 1.76. The Morgan fingerprint density at radius 3 is 2.10 bits per heavy atom. The van der Waals surface area contributed by atoms with Gasteiger partial charge >= 0.3 is 5.97 Å². The zero-order chi connectivity index (χ0) is 23.9. The number of amides is 1. The molecule has 0 rings (SSSR count). The van der Waals surface area contributed by atoms with E-state index in [2.05, 4.69) is 31.4 Å². The molecule has 30 heavy (non-hydrogen) atoms. The Morgan fingerprint density at radius 1 is 1.13 bits per heavy atom. The van der Waals surface area contributed by atoms with Crippen molar-refractivity contribution in [3.8, 4) is 0 Å². The van der Waals surface area contributed by atoms with E-state index in [1.54, 1.807) is 20.9 Å². The number of Topliss-reactive ketones (excluding diaryl/α,β-unsaturated/α-hetero) is 1. The molecule has 0 aromatic carbocycles. The van der Waals surface area contributed by atoms with Crippen LogP contribution >= 0.6 is 0 Å². The van der Waals surface area contributed by atoms with Crippen molar-refractivity contribution in [2.75, 3.05) is 33.4 Å². The Labute approximate surface area is 180 Å². The fourth-order valence-corrected chi connectivity index (χ4v) is 1.51. The minimum atomic E-state index is -0.476. The van der Waals surface area contributed by atoms with E-state index < -0.39 is 6.04 Å². The van der Waals surface area contributed by atoms with Gasteiger partial charge in [0.1, 0.15) is 18.9 Å². The fraction of sp³-hybridized carbons (Fsp3) is 0.750. The van der Waals surface area contributed by atoms with Crippen molar-refractivity contribution in [2.45, 2.75) is 59.6 Å². The Kier molecular flexibility index (Phi) is 25.0. The molecular formula is C20H40N4O6. The zero-order valence-electron chi connectivity index (χ0n) is 19.2. The zero-order valence-corrected chi connectivity index (χ0v) is 19.2. The quantitative estimate of drug-likeness (QED) is 0.141. The van der Waals surface area contributed by atoms with Crippen LogP contribution in [0.3, 0.4) is 0 Å². The Morgan fingerprint density at radius 2 is 1.70 bits per heavy atom. The highest BCUT2D eigenvalue weighted by atomic mass is 16.5. The lowest BCUT2D eigenvalue weighted by Crippen LogP contribution is -2.37. The number of hydrogen-bond donors (Lipinski definition) is 4. The molecule has 0 bridgehead atoms. The first kappa shape index (κ1) is 32.5. The molecule has 0 fully saturated rings. The van der Waals surface area contributed by atoms with Crippen molar-refractivity contribution in [3.63, 3.8) is 0 Å². The lowest BCUT2D eigenvalue weighted by molar-refractivity contribution is -0.150. The Bertz CT molecular complexity index is 481. The first-order valence-corrected chi connectivity index (χ1v) is 9.94. The second kappa shape index (κ2) is 23.1. The van der Waals surface area contributed by atoms with E-state index in [4.69, 9.17) is 20.6 Å². The van der Waals surface area contributed by atoms with Crippen molar-refractivity contribution in [1.82, 2.24) is 10.6 Å². The highest BCUT2D eigenvalue weighted by molar-refractivity contribution is 6.26. The summed E-state index contributed by atoms with van der Waals surface area (Å²) >= 11 is 0. The van der Waals surface area contributed by atoms with E-state index in [9.17, 15) is 19.2 Å². The van der Waals surface area contributed by atoms with Gasteiger partial charge < -0.3 is 36.0 Å². The summed E-state index contributed by atoms with van der Waals surface area (Å²) in [7, 11) is 1.64. The van der Waals surface area contributed by atoms with Crippen molar-refractivity contribution in [1.29, 1.82) is 5.41 Å². The number of ether oxygens (including phenoxy) is 2. The third-order valence-electron chi connectivity index (χ3n) is 2.70. The number of nitrogens with one attached hydrogen (secondary N) is 3. The van der Waals surface area contributed by atoms with Gasteiger partial charge in [0.25, 0.3) is 0 Å². The Hall–Kier alpha value is -2.17. The summed E-state index contributed by atoms with van der Waals surface area (Å²) in [5.74, 6) is -0.108. The predicted molar refractivity (Wildman–Crippen MR) is 117 cm³/mol. The van der Waals surface area contributed by atoms with Crippen molar-refractivity contribution >= 4 is 30.2 Å². The summed E-state index contributed by atoms with van der Waals surface area (Å²) in [4.78, 5) is 42.7. The molecule has 1 amide bonds. The minimum Gasteiger partial charge on any atom is -0.462 e. The first-order valence-electron chi connectivity index (χ1n) is 9.94. The molecule has 0 aromatic rings. The molecular weight excluding hydrogens is 392 g/mol. The van der Waals surface area contributed by atoms with E-state index in [1.165, 1.54) is 0 Å². The second-order valence-corrected chi connectivity index (χ2v) is 7.02. The highest BCUT2D eigenvalue weighted by Crippen LogP contribution is 2.02. The third-order valence-corrected chi connectivity index (χ3v) is 2.70. The predicted octanol–water partition coefficient (Wildman–Crippen LogP) is 0.464. The van der Waals surface area contributed by atoms with E-state index >= 15 is 0 Å². The molecule has 5 N–H and O–H groups in total. The molecule has 0 unspecified atom stereocenters. The van der Waals surface area contributed by atoms with E-state index in [0.717, 1.165) is 12.1 Å². The van der Waals surface area contributed by atoms with Gasteiger partial charge in [0.2, 0.25) is 5.91 Å². The highest BCUT2D eigenvalue weighted by Gasteiger charge is 2.19. The maximum absolute atomic E-state index is 11.4. The summed E-state index contributed by atoms with van der Waals surface area (Å²) in [5, 5.41) is 11.8. The monoisotopic (exact) mass is 432 g/mol. The van der Waals surface area contributed by atoms with Gasteiger partial charge in [-0.3, -0.25) is 14.4 Å². The normalized spacial score (nSPS) is 10.7. The number of likely N-dealkylation sites (N-methyl/N-ethyl adjacent to an activating group) is 1. The number of hydrogen-bond acceptors (Lipinski definition) is 9. The van der Waals surface area contributed by atoms with Crippen molar-refractivity contribution in [2.24, 2.45) is 11.7 Å². The summed E-state index contributed by atoms with van der Waals surface area (Å²) < 4.78 is 9.79. The maximum Gasteiger partial charge on any atom is 0.323 e. The summed E-state index contributed by atoms with van der Waals surface area (Å²) in [6.45, 7) is 10.8. The number of esters is 1. The topological polar surface area (TPSA) is 161 Å². The van der Waals surface area contributed by atoms with E-state index in [1.807, 2.05) is 0 Å². The molecule has 176 valence electrons. The van der Waals surface area contributed by atoms with Gasteiger partial charge in [0, 0.05) is 13.0 Å². The van der Waals surface area contributed by atoms with Crippen LogP contribution in [0.1, 0.15) is 47.5 Å². The smallest absolute Gasteiger partial charge is 0.323 e. The van der Waals surface area contributed by atoms with Gasteiger partial charge in [-0.05, 0) is 33.2 Å². The maximum atomic E-state index is 11.4. The van der Waals surface area contributed by atoms with Gasteiger partial charge in [-0.1, -0.05) is 20.8 Å². The lowest BCUT2D eigenvalue weighted by atomic mass is 10.1. The average molecular weight is 433 g/mol. The van der Waals surface area contributed by atoms with Gasteiger partial charge in [0.15, 0.2) is 5.78 Å². The third kappa shape index (κ3) is 28.0. The standard InChI is InChI=1S/C10H18N2O3.C6H12N2O3.C4H10/c1-7(2)15-10(14)9(12-3)5-4-8(13)6-11;7-1-4-11-5-6(10)8-2-3-9;1-4(2)3/h6-7,9,11-12H,4-5H2,1-3H3;3H,1-2,4-5,7H2,(H,8,10);4H,1-3H3/t9-;;/m0../s1. The molecule has 10 nitrogen and oxygen atoms in total. The number of carbonyl (C=O) groups is 4. The van der Waals surface area contributed by atoms with E-state index in [0.29, 0.717) is 25.9 Å². The van der Waals surface area contributed by atoms with Gasteiger partial charge in [-0.2, -0.15) is 0 Å². The molecule has 0 heterocycles. The van der Waals surface area contributed by atoms with Gasteiger partial charge in [-0.15, -0.1) is 0 Å². The van der Waals surface area contributed by atoms with Crippen LogP contribution < -0.4 is 16.4 Å². The molecule has 0 radical (unpaired) electrons. The van der Waals surface area contributed by atoms with Crippen LogP contribution in [0.2, 0.25) is 0 Å². The second-order valence-electron chi connectivity index (χ2n) is 7.02. The van der Waals surface area contributed by atoms with Crippen LogP contribution in [0.4, 0.5) is 0 Å². The van der Waals surface area contributed by atoms with E-state index in [-0.39, 0.29) is 43.3 Å². The number of ketones is 1. The first-order chi connectivity index (χ1) is 14.0. The van der Waals surface area contributed by atoms with Crippen molar-refractivity contribution in [3.05, 3.63) is 0 Å². The van der Waals surface area contributed by atoms with Crippen LogP contribution in [0.15, 0.2) is 0 Å². The largest absolute Gasteiger partial charge is 0.462 e. The number of aldehydes is 1. The molecule has 0 spiro atoms. The molecule has 0 aliphatic heterocycles. The molecule has 10 heteroatoms. The van der Waals surface area contributed by atoms with Crippen molar-refractivity contribution < 1.29 is 28.7 Å². The molecule has 0 saturated carbocycles. The summed E-state index contributed by atoms with van der Waals surface area (Å²) in [6, 6.07) is -0.476. The van der Waals surface area contributed by atoms with Crippen LogP contribution in [0.25, 0.3) is 0 Å². The molecule has 0 aliphatic rings. The number of nitrogens with two attached hydrogens (primary N) is 1. The Balaban J connectivity index is -0.000000425. The van der Waals surface area contributed by atoms with Crippen LogP contribution in [-0.4, -0.2) is 75.7 Å². The van der Waals surface area contributed by atoms with Crippen LogP contribution in [0, 0.1) is 11.3 Å². The molecule has 0 aromatic heterocycles. The average Bonchev–Trinajstić information content (AvgIpc) is 2.66. The SMILES string of the molecule is CC(C)C.CN[C@@H](CCC(=O)C=N)C(=O)OC(C)C.NCCOCC(=O)NCC=O. The van der Waals surface area contributed by atoms with Gasteiger partial charge in [0.05, 0.1) is 25.5 Å². The van der Waals surface area contributed by atoms with Crippen LogP contribution in [0.5, 0.6) is 0 Å². The fourth-order valence-electron chi connectivity index (χ4n) is 1.51. The molecule has 0 saturated heterocycles. The lowest BCUT2D eigenvalue weighted by Gasteiger charge is -2.16. The molecule has 1 atom stereocenters. The molecule has 0 aliphatic carbocycles. The number of rotatable bonds is 13. The summed E-state index contributed by atoms with van der Waals surface area (Å²) in [5.41, 5.74) is 5.10.